The average Bonchev–Trinajstić information content (AvgIpc) is 1.69. The van der Waals surface area contributed by atoms with Crippen molar-refractivity contribution in [1.29, 1.82) is 0 Å². The minimum atomic E-state index is -2.39. The monoisotopic (exact) mass is 137 g/mol. The summed E-state index contributed by atoms with van der Waals surface area (Å²) in [4.78, 5) is 8.48. The maximum Gasteiger partial charge on any atom is 0.258 e. The molecule has 0 amide bonds. The van der Waals surface area contributed by atoms with E-state index in [1.54, 1.807) is 0 Å². The Morgan fingerprint density at radius 2 is 1.88 bits per heavy atom. The Bertz CT molecular complexity index is 82.1. The van der Waals surface area contributed by atoms with Crippen molar-refractivity contribution in [3.05, 3.63) is 0 Å². The van der Waals surface area contributed by atoms with Crippen molar-refractivity contribution >= 4 is 8.18 Å². The highest BCUT2D eigenvalue weighted by atomic mass is 31.1. The van der Waals surface area contributed by atoms with Gasteiger partial charge in [0.05, 0.1) is 0 Å². The van der Waals surface area contributed by atoms with Gasteiger partial charge in [0.1, 0.15) is 0 Å². The summed E-state index contributed by atoms with van der Waals surface area (Å²) in [5.74, 6) is 0. The highest BCUT2D eigenvalue weighted by Crippen LogP contribution is 2.18. The van der Waals surface area contributed by atoms with Crippen molar-refractivity contribution in [2.75, 3.05) is 13.1 Å². The molecular formula is C4H12NO2P. The van der Waals surface area contributed by atoms with Crippen LogP contribution in [-0.2, 0) is 4.57 Å². The van der Waals surface area contributed by atoms with E-state index in [4.69, 9.17) is 4.89 Å². The minimum Gasteiger partial charge on any atom is -0.335 e. The van der Waals surface area contributed by atoms with Gasteiger partial charge in [0, 0.05) is 13.1 Å². The summed E-state index contributed by atoms with van der Waals surface area (Å²) in [6.45, 7) is 5.04. The van der Waals surface area contributed by atoms with Crippen molar-refractivity contribution in [1.82, 2.24) is 4.67 Å². The first kappa shape index (κ1) is 8.15. The molecule has 0 rings (SSSR count). The van der Waals surface area contributed by atoms with Crippen LogP contribution in [0.5, 0.6) is 0 Å². The fraction of sp³-hybridized carbons (Fsp3) is 1.00. The number of rotatable bonds is 3. The van der Waals surface area contributed by atoms with Crippen LogP contribution in [0.2, 0.25) is 0 Å². The fourth-order valence-corrected chi connectivity index (χ4v) is 1.04. The van der Waals surface area contributed by atoms with Crippen LogP contribution in [0.3, 0.4) is 0 Å². The van der Waals surface area contributed by atoms with E-state index in [2.05, 4.69) is 0 Å². The topological polar surface area (TPSA) is 40.5 Å². The smallest absolute Gasteiger partial charge is 0.258 e. The van der Waals surface area contributed by atoms with Gasteiger partial charge in [-0.15, -0.1) is 0 Å². The van der Waals surface area contributed by atoms with E-state index >= 15 is 0 Å². The highest BCUT2D eigenvalue weighted by Gasteiger charge is 2.00. The summed E-state index contributed by atoms with van der Waals surface area (Å²) < 4.78 is 11.8. The summed E-state index contributed by atoms with van der Waals surface area (Å²) in [6, 6.07) is 0. The van der Waals surface area contributed by atoms with E-state index < -0.39 is 8.18 Å². The Morgan fingerprint density at radius 3 is 1.88 bits per heavy atom. The Labute approximate surface area is 50.2 Å². The Kier molecular flexibility index (Phi) is 4.15. The lowest BCUT2D eigenvalue weighted by atomic mass is 10.7. The third-order valence-electron chi connectivity index (χ3n) is 1.03. The molecule has 0 aromatic carbocycles. The molecule has 3 nitrogen and oxygen atoms in total. The van der Waals surface area contributed by atoms with Crippen LogP contribution in [0.4, 0.5) is 0 Å². The maximum absolute atomic E-state index is 10.3. The predicted octanol–water partition coefficient (Wildman–Crippen LogP) is 0.710. The standard InChI is InChI=1S/C4H12NO2P/c1-3-5(4-2)8(6)7/h8H,3-4H2,1-2H3,(H,6,7). The van der Waals surface area contributed by atoms with E-state index in [0.29, 0.717) is 13.1 Å². The van der Waals surface area contributed by atoms with Gasteiger partial charge in [-0.1, -0.05) is 13.8 Å². The molecule has 1 unspecified atom stereocenters. The van der Waals surface area contributed by atoms with Crippen LogP contribution in [0.1, 0.15) is 13.8 Å². The van der Waals surface area contributed by atoms with Crippen LogP contribution < -0.4 is 0 Å². The van der Waals surface area contributed by atoms with Crippen molar-refractivity contribution in [3.63, 3.8) is 0 Å². The molecule has 0 bridgehead atoms. The summed E-state index contributed by atoms with van der Waals surface area (Å²) in [7, 11) is -2.39. The number of hydrogen-bond donors (Lipinski definition) is 1. The second-order valence-corrected chi connectivity index (χ2v) is 2.65. The van der Waals surface area contributed by atoms with Gasteiger partial charge in [-0.05, 0) is 0 Å². The molecule has 0 spiro atoms. The van der Waals surface area contributed by atoms with Crippen molar-refractivity contribution in [2.24, 2.45) is 0 Å². The third-order valence-corrected chi connectivity index (χ3v) is 2.21. The van der Waals surface area contributed by atoms with Gasteiger partial charge in [0.25, 0.3) is 8.18 Å². The molecular weight excluding hydrogens is 125 g/mol. The van der Waals surface area contributed by atoms with Gasteiger partial charge in [0.15, 0.2) is 0 Å². The van der Waals surface area contributed by atoms with E-state index in [1.807, 2.05) is 13.8 Å². The van der Waals surface area contributed by atoms with Crippen molar-refractivity contribution < 1.29 is 9.46 Å². The SMILES string of the molecule is CCN(CC)[PH](=O)O. The van der Waals surface area contributed by atoms with Gasteiger partial charge in [0.2, 0.25) is 0 Å². The Hall–Kier alpha value is 0.150. The molecule has 0 aromatic heterocycles. The molecule has 0 fully saturated rings. The number of nitrogens with zero attached hydrogens (tertiary/aromatic N) is 1. The predicted molar refractivity (Wildman–Crippen MR) is 34.1 cm³/mol. The van der Waals surface area contributed by atoms with Crippen LogP contribution >= 0.6 is 8.18 Å². The molecule has 0 aliphatic carbocycles. The molecule has 0 aliphatic rings. The summed E-state index contributed by atoms with van der Waals surface area (Å²) in [5, 5.41) is 0. The maximum atomic E-state index is 10.3. The zero-order valence-electron chi connectivity index (χ0n) is 5.22. The molecule has 0 saturated carbocycles. The first-order valence-corrected chi connectivity index (χ1v) is 4.00. The molecule has 0 radical (unpaired) electrons. The lowest BCUT2D eigenvalue weighted by molar-refractivity contribution is 0.390. The van der Waals surface area contributed by atoms with Crippen molar-refractivity contribution in [3.8, 4) is 0 Å². The van der Waals surface area contributed by atoms with Crippen LogP contribution in [-0.4, -0.2) is 22.7 Å². The minimum absolute atomic E-state index is 0.658. The van der Waals surface area contributed by atoms with Gasteiger partial charge < -0.3 is 4.89 Å². The quantitative estimate of drug-likeness (QED) is 0.582. The normalized spacial score (nSPS) is 14.5. The molecule has 0 aromatic rings. The zero-order chi connectivity index (χ0) is 6.57. The zero-order valence-corrected chi connectivity index (χ0v) is 6.22. The van der Waals surface area contributed by atoms with Crippen LogP contribution in [0, 0.1) is 0 Å². The largest absolute Gasteiger partial charge is 0.335 e. The Morgan fingerprint density at radius 1 is 1.50 bits per heavy atom. The van der Waals surface area contributed by atoms with Crippen LogP contribution in [0.15, 0.2) is 0 Å². The van der Waals surface area contributed by atoms with E-state index in [-0.39, 0.29) is 0 Å². The molecule has 1 atom stereocenters. The molecule has 8 heavy (non-hydrogen) atoms. The molecule has 4 heteroatoms. The van der Waals surface area contributed by atoms with E-state index in [9.17, 15) is 4.57 Å². The Balaban J connectivity index is 3.52. The molecule has 0 aliphatic heterocycles. The molecule has 0 heterocycles. The highest BCUT2D eigenvalue weighted by molar-refractivity contribution is 7.35. The second-order valence-electron chi connectivity index (χ2n) is 1.45. The average molecular weight is 137 g/mol. The number of hydrogen-bond acceptors (Lipinski definition) is 1. The molecule has 0 saturated heterocycles. The van der Waals surface area contributed by atoms with Gasteiger partial charge in [-0.3, -0.25) is 4.57 Å². The van der Waals surface area contributed by atoms with E-state index in [0.717, 1.165) is 0 Å². The molecule has 50 valence electrons. The lowest BCUT2D eigenvalue weighted by Crippen LogP contribution is -2.12. The van der Waals surface area contributed by atoms with Gasteiger partial charge >= 0.3 is 0 Å². The van der Waals surface area contributed by atoms with Gasteiger partial charge in [-0.25, -0.2) is 4.67 Å². The summed E-state index contributed by atoms with van der Waals surface area (Å²) in [5.41, 5.74) is 0. The van der Waals surface area contributed by atoms with E-state index in [1.165, 1.54) is 4.67 Å². The lowest BCUT2D eigenvalue weighted by Gasteiger charge is -2.11. The second kappa shape index (κ2) is 4.07. The van der Waals surface area contributed by atoms with Gasteiger partial charge in [-0.2, -0.15) is 0 Å². The summed E-state index contributed by atoms with van der Waals surface area (Å²) >= 11 is 0. The molecule has 1 N–H and O–H groups in total. The third kappa shape index (κ3) is 2.46. The first-order chi connectivity index (χ1) is 3.72. The van der Waals surface area contributed by atoms with Crippen LogP contribution in [0.25, 0.3) is 0 Å². The fourth-order valence-electron chi connectivity index (χ4n) is 0.494. The summed E-state index contributed by atoms with van der Waals surface area (Å²) in [6.07, 6.45) is 0. The van der Waals surface area contributed by atoms with Crippen molar-refractivity contribution in [2.45, 2.75) is 13.8 Å². The first-order valence-electron chi connectivity index (χ1n) is 2.70.